The average molecular weight is 412 g/mol. The largest absolute Gasteiger partial charge is 0.342 e. The predicted molar refractivity (Wildman–Crippen MR) is 122 cm³/mol. The fourth-order valence-electron chi connectivity index (χ4n) is 4.64. The van der Waals surface area contributed by atoms with Crippen molar-refractivity contribution in [3.8, 4) is 0 Å². The van der Waals surface area contributed by atoms with Gasteiger partial charge in [0.15, 0.2) is 5.78 Å². The van der Waals surface area contributed by atoms with Gasteiger partial charge < -0.3 is 9.47 Å². The zero-order chi connectivity index (χ0) is 21.2. The number of likely N-dealkylation sites (tertiary alicyclic amines) is 1. The number of ketones is 1. The molecule has 3 aromatic carbocycles. The third-order valence-electron chi connectivity index (χ3n) is 6.29. The van der Waals surface area contributed by atoms with Crippen LogP contribution in [-0.4, -0.2) is 39.2 Å². The van der Waals surface area contributed by atoms with Crippen molar-refractivity contribution in [3.63, 3.8) is 0 Å². The lowest BCUT2D eigenvalue weighted by molar-refractivity contribution is -0.132. The minimum absolute atomic E-state index is 0.105. The van der Waals surface area contributed by atoms with Crippen molar-refractivity contribution >= 4 is 33.5 Å². The van der Waals surface area contributed by atoms with Crippen LogP contribution in [0.3, 0.4) is 0 Å². The lowest BCUT2D eigenvalue weighted by Crippen LogP contribution is -2.42. The first kappa shape index (κ1) is 19.5. The quantitative estimate of drug-likeness (QED) is 0.447. The molecule has 0 unspecified atom stereocenters. The van der Waals surface area contributed by atoms with E-state index in [1.165, 1.54) is 0 Å². The molecule has 0 saturated carbocycles. The number of carbonyl (C=O) groups excluding carboxylic acids is 2. The Bertz CT molecular complexity index is 1250. The van der Waals surface area contributed by atoms with Gasteiger partial charge in [0.2, 0.25) is 5.91 Å². The second-order valence-corrected chi connectivity index (χ2v) is 8.25. The number of Topliss-reactive ketones (excluding diaryl/α,β-unsaturated/α-hetero) is 1. The number of benzene rings is 3. The molecule has 156 valence electrons. The van der Waals surface area contributed by atoms with Crippen molar-refractivity contribution in [2.45, 2.75) is 25.8 Å². The standard InChI is InChI=1S/C26H25N3O2/c30-25(14-16-29-18-27-23-12-3-4-13-24(23)29)28-15-6-9-20(17-28)26(31)22-11-5-8-19-7-1-2-10-21(19)22/h1-5,7-8,10-13,18,20H,6,9,14-17H2/t20-/m1/s1. The van der Waals surface area contributed by atoms with E-state index < -0.39 is 0 Å². The molecule has 1 saturated heterocycles. The van der Waals surface area contributed by atoms with Crippen LogP contribution in [0, 0.1) is 5.92 Å². The molecule has 0 radical (unpaired) electrons. The summed E-state index contributed by atoms with van der Waals surface area (Å²) in [5.41, 5.74) is 2.74. The van der Waals surface area contributed by atoms with Crippen molar-refractivity contribution in [1.29, 1.82) is 0 Å². The molecule has 1 aliphatic heterocycles. The highest BCUT2D eigenvalue weighted by molar-refractivity contribution is 6.09. The SMILES string of the molecule is O=C(c1cccc2ccccc12)[C@@H]1CCCN(C(=O)CCn2cnc3ccccc32)C1. The summed E-state index contributed by atoms with van der Waals surface area (Å²) in [6.45, 7) is 1.83. The van der Waals surface area contributed by atoms with Gasteiger partial charge >= 0.3 is 0 Å². The molecule has 5 rings (SSSR count). The number of rotatable bonds is 5. The maximum absolute atomic E-state index is 13.3. The zero-order valence-corrected chi connectivity index (χ0v) is 17.4. The van der Waals surface area contributed by atoms with Crippen LogP contribution in [-0.2, 0) is 11.3 Å². The Morgan fingerprint density at radius 3 is 2.71 bits per heavy atom. The molecule has 1 aromatic heterocycles. The average Bonchev–Trinajstić information content (AvgIpc) is 3.25. The van der Waals surface area contributed by atoms with E-state index in [2.05, 4.69) is 4.98 Å². The number of hydrogen-bond acceptors (Lipinski definition) is 3. The number of amides is 1. The summed E-state index contributed by atoms with van der Waals surface area (Å²) in [7, 11) is 0. The number of aromatic nitrogens is 2. The number of carbonyl (C=O) groups is 2. The molecule has 1 fully saturated rings. The molecular weight excluding hydrogens is 386 g/mol. The van der Waals surface area contributed by atoms with E-state index in [-0.39, 0.29) is 17.6 Å². The van der Waals surface area contributed by atoms with Crippen molar-refractivity contribution < 1.29 is 9.59 Å². The fourth-order valence-corrected chi connectivity index (χ4v) is 4.64. The Hall–Kier alpha value is -3.47. The summed E-state index contributed by atoms with van der Waals surface area (Å²) in [6.07, 6.45) is 3.90. The highest BCUT2D eigenvalue weighted by Gasteiger charge is 2.29. The number of imidazole rings is 1. The van der Waals surface area contributed by atoms with E-state index in [1.54, 1.807) is 6.33 Å². The van der Waals surface area contributed by atoms with E-state index in [0.29, 0.717) is 19.5 Å². The molecule has 31 heavy (non-hydrogen) atoms. The Kier molecular flexibility index (Phi) is 5.24. The highest BCUT2D eigenvalue weighted by Crippen LogP contribution is 2.26. The molecule has 1 amide bonds. The van der Waals surface area contributed by atoms with Crippen molar-refractivity contribution in [3.05, 3.63) is 78.6 Å². The minimum atomic E-state index is -0.141. The highest BCUT2D eigenvalue weighted by atomic mass is 16.2. The van der Waals surface area contributed by atoms with Gasteiger partial charge in [0.05, 0.1) is 17.4 Å². The molecule has 4 aromatic rings. The molecule has 2 heterocycles. The van der Waals surface area contributed by atoms with Gasteiger partial charge in [0.1, 0.15) is 0 Å². The van der Waals surface area contributed by atoms with Crippen LogP contribution in [0.5, 0.6) is 0 Å². The van der Waals surface area contributed by atoms with Gasteiger partial charge in [-0.25, -0.2) is 4.98 Å². The number of nitrogens with zero attached hydrogens (tertiary/aromatic N) is 3. The first-order valence-corrected chi connectivity index (χ1v) is 10.9. The van der Waals surface area contributed by atoms with Crippen LogP contribution in [0.4, 0.5) is 0 Å². The summed E-state index contributed by atoms with van der Waals surface area (Å²) in [5.74, 6) is 0.112. The molecule has 5 heteroatoms. The number of piperidine rings is 1. The Labute approximate surface area is 181 Å². The van der Waals surface area contributed by atoms with Crippen LogP contribution in [0.2, 0.25) is 0 Å². The van der Waals surface area contributed by atoms with Crippen LogP contribution in [0.15, 0.2) is 73.1 Å². The number of para-hydroxylation sites is 2. The zero-order valence-electron chi connectivity index (χ0n) is 17.4. The van der Waals surface area contributed by atoms with Crippen molar-refractivity contribution in [2.24, 2.45) is 5.92 Å². The summed E-state index contributed by atoms with van der Waals surface area (Å²) in [4.78, 5) is 32.5. The Morgan fingerprint density at radius 2 is 1.77 bits per heavy atom. The maximum Gasteiger partial charge on any atom is 0.224 e. The lowest BCUT2D eigenvalue weighted by atomic mass is 9.88. The molecule has 1 atom stereocenters. The topological polar surface area (TPSA) is 55.2 Å². The lowest BCUT2D eigenvalue weighted by Gasteiger charge is -2.32. The van der Waals surface area contributed by atoms with Gasteiger partial charge in [-0.15, -0.1) is 0 Å². The number of aryl methyl sites for hydroxylation is 1. The molecule has 0 bridgehead atoms. The Balaban J connectivity index is 1.27. The monoisotopic (exact) mass is 411 g/mol. The van der Waals surface area contributed by atoms with Gasteiger partial charge in [-0.2, -0.15) is 0 Å². The van der Waals surface area contributed by atoms with Crippen LogP contribution in [0.1, 0.15) is 29.6 Å². The van der Waals surface area contributed by atoms with Crippen molar-refractivity contribution in [1.82, 2.24) is 14.5 Å². The maximum atomic E-state index is 13.3. The predicted octanol–water partition coefficient (Wildman–Crippen LogP) is 4.70. The summed E-state index contributed by atoms with van der Waals surface area (Å²) >= 11 is 0. The van der Waals surface area contributed by atoms with E-state index >= 15 is 0 Å². The van der Waals surface area contributed by atoms with Gasteiger partial charge in [0, 0.05) is 37.5 Å². The summed E-state index contributed by atoms with van der Waals surface area (Å²) in [5, 5.41) is 2.06. The first-order chi connectivity index (χ1) is 15.2. The molecular formula is C26H25N3O2. The third kappa shape index (κ3) is 3.83. The second kappa shape index (κ2) is 8.34. The van der Waals surface area contributed by atoms with Gasteiger partial charge in [0.25, 0.3) is 0 Å². The van der Waals surface area contributed by atoms with E-state index in [4.69, 9.17) is 0 Å². The second-order valence-electron chi connectivity index (χ2n) is 8.25. The summed E-state index contributed by atoms with van der Waals surface area (Å²) < 4.78 is 2.02. The molecule has 5 nitrogen and oxygen atoms in total. The van der Waals surface area contributed by atoms with Crippen LogP contribution < -0.4 is 0 Å². The molecule has 0 spiro atoms. The molecule has 0 aliphatic carbocycles. The van der Waals surface area contributed by atoms with E-state index in [9.17, 15) is 9.59 Å². The van der Waals surface area contributed by atoms with E-state index in [1.807, 2.05) is 76.2 Å². The number of hydrogen-bond donors (Lipinski definition) is 0. The summed E-state index contributed by atoms with van der Waals surface area (Å²) in [6, 6.07) is 21.8. The van der Waals surface area contributed by atoms with Crippen LogP contribution in [0.25, 0.3) is 21.8 Å². The van der Waals surface area contributed by atoms with Gasteiger partial charge in [-0.1, -0.05) is 54.6 Å². The smallest absolute Gasteiger partial charge is 0.224 e. The number of fused-ring (bicyclic) bond motifs is 2. The third-order valence-corrected chi connectivity index (χ3v) is 6.29. The normalized spacial score (nSPS) is 16.6. The molecule has 1 aliphatic rings. The fraction of sp³-hybridized carbons (Fsp3) is 0.269. The van der Waals surface area contributed by atoms with Gasteiger partial charge in [-0.05, 0) is 35.7 Å². The Morgan fingerprint density at radius 1 is 0.968 bits per heavy atom. The van der Waals surface area contributed by atoms with E-state index in [0.717, 1.165) is 46.8 Å². The van der Waals surface area contributed by atoms with Crippen molar-refractivity contribution in [2.75, 3.05) is 13.1 Å². The van der Waals surface area contributed by atoms with Crippen LogP contribution >= 0.6 is 0 Å². The first-order valence-electron chi connectivity index (χ1n) is 10.9. The molecule has 0 N–H and O–H groups in total. The van der Waals surface area contributed by atoms with Gasteiger partial charge in [-0.3, -0.25) is 9.59 Å². The minimum Gasteiger partial charge on any atom is -0.342 e.